The lowest BCUT2D eigenvalue weighted by atomic mass is 10.0. The number of hydrogen-bond acceptors (Lipinski definition) is 4. The van der Waals surface area contributed by atoms with E-state index in [1.807, 2.05) is 75.4 Å². The SMILES string of the molecule is CCOc1ccc2ccccc2c1/C=N/NC(=O)COc1c(C)cccc1C. The number of rotatable bonds is 7. The van der Waals surface area contributed by atoms with Crippen molar-refractivity contribution in [2.45, 2.75) is 20.8 Å². The summed E-state index contributed by atoms with van der Waals surface area (Å²) in [7, 11) is 0. The highest BCUT2D eigenvalue weighted by molar-refractivity contribution is 6.02. The molecule has 0 aromatic heterocycles. The normalized spacial score (nSPS) is 11.0. The van der Waals surface area contributed by atoms with E-state index in [4.69, 9.17) is 9.47 Å². The van der Waals surface area contributed by atoms with Crippen LogP contribution in [0, 0.1) is 13.8 Å². The number of carbonyl (C=O) groups is 1. The number of carbonyl (C=O) groups excluding carboxylic acids is 1. The van der Waals surface area contributed by atoms with Crippen LogP contribution in [0.2, 0.25) is 0 Å². The molecule has 0 spiro atoms. The Bertz CT molecular complexity index is 992. The summed E-state index contributed by atoms with van der Waals surface area (Å²) in [5.41, 5.74) is 5.34. The maximum Gasteiger partial charge on any atom is 0.277 e. The number of ether oxygens (including phenoxy) is 2. The number of aryl methyl sites for hydroxylation is 2. The first kappa shape index (κ1) is 19.4. The van der Waals surface area contributed by atoms with Crippen molar-refractivity contribution in [3.05, 3.63) is 71.3 Å². The second-order valence-electron chi connectivity index (χ2n) is 6.43. The molecule has 0 aliphatic rings. The van der Waals surface area contributed by atoms with Gasteiger partial charge in [-0.15, -0.1) is 0 Å². The smallest absolute Gasteiger partial charge is 0.277 e. The van der Waals surface area contributed by atoms with E-state index in [0.717, 1.165) is 39.0 Å². The average molecular weight is 376 g/mol. The second kappa shape index (κ2) is 9.04. The van der Waals surface area contributed by atoms with Crippen LogP contribution in [0.1, 0.15) is 23.6 Å². The van der Waals surface area contributed by atoms with Gasteiger partial charge in [0.25, 0.3) is 5.91 Å². The minimum absolute atomic E-state index is 0.100. The molecule has 0 bridgehead atoms. The van der Waals surface area contributed by atoms with Gasteiger partial charge < -0.3 is 9.47 Å². The summed E-state index contributed by atoms with van der Waals surface area (Å²) in [5.74, 6) is 1.14. The first-order valence-electron chi connectivity index (χ1n) is 9.25. The molecule has 1 amide bonds. The lowest BCUT2D eigenvalue weighted by molar-refractivity contribution is -0.123. The highest BCUT2D eigenvalue weighted by Crippen LogP contribution is 2.26. The minimum Gasteiger partial charge on any atom is -0.493 e. The third-order valence-electron chi connectivity index (χ3n) is 4.37. The number of hydrogen-bond donors (Lipinski definition) is 1. The Labute approximate surface area is 165 Å². The van der Waals surface area contributed by atoms with Crippen LogP contribution in [0.5, 0.6) is 11.5 Å². The van der Waals surface area contributed by atoms with Crippen molar-refractivity contribution < 1.29 is 14.3 Å². The molecule has 0 saturated carbocycles. The summed E-state index contributed by atoms with van der Waals surface area (Å²) in [6.07, 6.45) is 1.62. The van der Waals surface area contributed by atoms with Gasteiger partial charge in [-0.3, -0.25) is 4.79 Å². The molecule has 0 heterocycles. The zero-order chi connectivity index (χ0) is 19.9. The number of nitrogens with one attached hydrogen (secondary N) is 1. The Morgan fingerprint density at radius 3 is 2.50 bits per heavy atom. The molecule has 0 unspecified atom stereocenters. The number of fused-ring (bicyclic) bond motifs is 1. The lowest BCUT2D eigenvalue weighted by Gasteiger charge is -2.11. The van der Waals surface area contributed by atoms with E-state index >= 15 is 0 Å². The number of hydrazone groups is 1. The molecule has 1 N–H and O–H groups in total. The number of nitrogens with zero attached hydrogens (tertiary/aromatic N) is 1. The van der Waals surface area contributed by atoms with Gasteiger partial charge in [-0.05, 0) is 48.7 Å². The molecule has 3 rings (SSSR count). The highest BCUT2D eigenvalue weighted by atomic mass is 16.5. The van der Waals surface area contributed by atoms with Gasteiger partial charge in [-0.25, -0.2) is 5.43 Å². The van der Waals surface area contributed by atoms with Crippen LogP contribution in [0.15, 0.2) is 59.7 Å². The molecular formula is C23H24N2O3. The van der Waals surface area contributed by atoms with Crippen LogP contribution >= 0.6 is 0 Å². The van der Waals surface area contributed by atoms with Crippen LogP contribution in [0.3, 0.4) is 0 Å². The zero-order valence-corrected chi connectivity index (χ0v) is 16.4. The fraction of sp³-hybridized carbons (Fsp3) is 0.217. The maximum absolute atomic E-state index is 12.1. The molecule has 0 aliphatic carbocycles. The predicted molar refractivity (Wildman–Crippen MR) is 112 cm³/mol. The fourth-order valence-corrected chi connectivity index (χ4v) is 3.06. The van der Waals surface area contributed by atoms with Gasteiger partial charge in [0, 0.05) is 5.56 Å². The van der Waals surface area contributed by atoms with Gasteiger partial charge in [-0.2, -0.15) is 5.10 Å². The van der Waals surface area contributed by atoms with Crippen molar-refractivity contribution in [3.63, 3.8) is 0 Å². The van der Waals surface area contributed by atoms with Crippen molar-refractivity contribution in [2.24, 2.45) is 5.10 Å². The second-order valence-corrected chi connectivity index (χ2v) is 6.43. The summed E-state index contributed by atoms with van der Waals surface area (Å²) in [4.78, 5) is 12.1. The van der Waals surface area contributed by atoms with Gasteiger partial charge in [0.15, 0.2) is 6.61 Å². The average Bonchev–Trinajstić information content (AvgIpc) is 2.69. The third kappa shape index (κ3) is 4.49. The molecular weight excluding hydrogens is 352 g/mol. The van der Waals surface area contributed by atoms with E-state index in [0.29, 0.717) is 6.61 Å². The summed E-state index contributed by atoms with van der Waals surface area (Å²) >= 11 is 0. The summed E-state index contributed by atoms with van der Waals surface area (Å²) in [5, 5.41) is 6.20. The Morgan fingerprint density at radius 1 is 1.00 bits per heavy atom. The van der Waals surface area contributed by atoms with Gasteiger partial charge in [-0.1, -0.05) is 48.5 Å². The van der Waals surface area contributed by atoms with E-state index in [1.165, 1.54) is 0 Å². The minimum atomic E-state index is -0.322. The molecule has 0 atom stereocenters. The maximum atomic E-state index is 12.1. The number of amides is 1. The highest BCUT2D eigenvalue weighted by Gasteiger charge is 2.08. The fourth-order valence-electron chi connectivity index (χ4n) is 3.06. The first-order chi connectivity index (χ1) is 13.6. The van der Waals surface area contributed by atoms with Crippen LogP contribution in [0.4, 0.5) is 0 Å². The van der Waals surface area contributed by atoms with Crippen molar-refractivity contribution in [2.75, 3.05) is 13.2 Å². The molecule has 0 aliphatic heterocycles. The van der Waals surface area contributed by atoms with Crippen molar-refractivity contribution in [1.82, 2.24) is 5.43 Å². The monoisotopic (exact) mass is 376 g/mol. The van der Waals surface area contributed by atoms with Gasteiger partial charge >= 0.3 is 0 Å². The summed E-state index contributed by atoms with van der Waals surface area (Å²) in [6, 6.07) is 17.8. The topological polar surface area (TPSA) is 59.9 Å². The third-order valence-corrected chi connectivity index (χ3v) is 4.37. The van der Waals surface area contributed by atoms with Gasteiger partial charge in [0.05, 0.1) is 12.8 Å². The molecule has 5 nitrogen and oxygen atoms in total. The molecule has 144 valence electrons. The van der Waals surface area contributed by atoms with E-state index in [1.54, 1.807) is 6.21 Å². The van der Waals surface area contributed by atoms with Crippen molar-refractivity contribution >= 4 is 22.9 Å². The van der Waals surface area contributed by atoms with Gasteiger partial charge in [0.1, 0.15) is 11.5 Å². The molecule has 5 heteroatoms. The first-order valence-corrected chi connectivity index (χ1v) is 9.25. The lowest BCUT2D eigenvalue weighted by Crippen LogP contribution is -2.25. The van der Waals surface area contributed by atoms with Gasteiger partial charge in [0.2, 0.25) is 0 Å². The summed E-state index contributed by atoms with van der Waals surface area (Å²) in [6.45, 7) is 6.29. The number of para-hydroxylation sites is 1. The Hall–Kier alpha value is -3.34. The van der Waals surface area contributed by atoms with Crippen molar-refractivity contribution in [3.8, 4) is 11.5 Å². The number of benzene rings is 3. The largest absolute Gasteiger partial charge is 0.493 e. The molecule has 3 aromatic carbocycles. The predicted octanol–water partition coefficient (Wildman–Crippen LogP) is 4.38. The Morgan fingerprint density at radius 2 is 1.75 bits per heavy atom. The molecule has 3 aromatic rings. The quantitative estimate of drug-likeness (QED) is 0.492. The zero-order valence-electron chi connectivity index (χ0n) is 16.4. The molecule has 28 heavy (non-hydrogen) atoms. The van der Waals surface area contributed by atoms with E-state index < -0.39 is 0 Å². The van der Waals surface area contributed by atoms with E-state index in [-0.39, 0.29) is 12.5 Å². The van der Waals surface area contributed by atoms with Crippen molar-refractivity contribution in [1.29, 1.82) is 0 Å². The van der Waals surface area contributed by atoms with Crippen LogP contribution in [-0.4, -0.2) is 25.3 Å². The summed E-state index contributed by atoms with van der Waals surface area (Å²) < 4.78 is 11.4. The Kier molecular flexibility index (Phi) is 6.27. The van der Waals surface area contributed by atoms with Crippen LogP contribution in [-0.2, 0) is 4.79 Å². The Balaban J connectivity index is 1.70. The molecule has 0 fully saturated rings. The molecule has 0 radical (unpaired) electrons. The van der Waals surface area contributed by atoms with E-state index in [9.17, 15) is 4.79 Å². The van der Waals surface area contributed by atoms with Crippen LogP contribution in [0.25, 0.3) is 10.8 Å². The van der Waals surface area contributed by atoms with Crippen LogP contribution < -0.4 is 14.9 Å². The molecule has 0 saturated heterocycles. The van der Waals surface area contributed by atoms with E-state index in [2.05, 4.69) is 10.5 Å². The standard InChI is InChI=1S/C23H24N2O3/c1-4-27-21-13-12-18-10-5-6-11-19(18)20(21)14-24-25-22(26)15-28-23-16(2)8-7-9-17(23)3/h5-14H,4,15H2,1-3H3,(H,25,26)/b24-14+.